The lowest BCUT2D eigenvalue weighted by atomic mass is 9.94. The number of amides is 1. The number of carbonyl (C=O) groups is 1. The van der Waals surface area contributed by atoms with E-state index in [4.69, 9.17) is 4.74 Å². The van der Waals surface area contributed by atoms with Gasteiger partial charge in [-0.25, -0.2) is 13.8 Å². The number of aliphatic hydroxyl groups is 2. The molecule has 0 aliphatic carbocycles. The van der Waals surface area contributed by atoms with Crippen LogP contribution in [-0.4, -0.2) is 44.4 Å². The molecule has 1 fully saturated rings. The van der Waals surface area contributed by atoms with Crippen LogP contribution in [0.5, 0.6) is 0 Å². The van der Waals surface area contributed by atoms with E-state index in [9.17, 15) is 23.8 Å². The standard InChI is InChI=1S/C21H19F2N3O4S/c1-10-19(28)16(27)7-17(30-10)11-5-6-24-8-14(11)25-20(29)15-9-31-21(26-15)18-12(22)3-2-4-13(18)23/h2-6,8-10,16-17,19,27-28H,7H2,1H3,(H,25,29)/t10-,16-,17-,19-/m1/s1. The monoisotopic (exact) mass is 447 g/mol. The molecule has 0 radical (unpaired) electrons. The summed E-state index contributed by atoms with van der Waals surface area (Å²) < 4.78 is 33.8. The molecular weight excluding hydrogens is 428 g/mol. The van der Waals surface area contributed by atoms with Gasteiger partial charge in [-0.1, -0.05) is 6.07 Å². The molecule has 1 aliphatic rings. The quantitative estimate of drug-likeness (QED) is 0.567. The van der Waals surface area contributed by atoms with E-state index in [1.165, 1.54) is 23.8 Å². The Labute approximate surface area is 180 Å². The Morgan fingerprint density at radius 1 is 1.26 bits per heavy atom. The van der Waals surface area contributed by atoms with Gasteiger partial charge >= 0.3 is 0 Å². The summed E-state index contributed by atoms with van der Waals surface area (Å²) in [6.45, 7) is 1.65. The van der Waals surface area contributed by atoms with Crippen LogP contribution in [0.2, 0.25) is 0 Å². The number of aromatic nitrogens is 2. The lowest BCUT2D eigenvalue weighted by molar-refractivity contribution is -0.163. The van der Waals surface area contributed by atoms with E-state index < -0.39 is 42.0 Å². The summed E-state index contributed by atoms with van der Waals surface area (Å²) in [6.07, 6.45) is -0.0231. The third-order valence-corrected chi connectivity index (χ3v) is 5.93. The second-order valence-electron chi connectivity index (χ2n) is 7.18. The number of hydrogen-bond acceptors (Lipinski definition) is 7. The molecule has 3 aromatic rings. The summed E-state index contributed by atoms with van der Waals surface area (Å²) in [4.78, 5) is 20.8. The summed E-state index contributed by atoms with van der Waals surface area (Å²) in [5.74, 6) is -2.11. The van der Waals surface area contributed by atoms with E-state index in [1.54, 1.807) is 13.0 Å². The van der Waals surface area contributed by atoms with E-state index in [-0.39, 0.29) is 22.7 Å². The van der Waals surface area contributed by atoms with Crippen molar-refractivity contribution in [3.63, 3.8) is 0 Å². The molecule has 1 amide bonds. The Morgan fingerprint density at radius 2 is 2.00 bits per heavy atom. The van der Waals surface area contributed by atoms with Crippen LogP contribution in [-0.2, 0) is 4.74 Å². The van der Waals surface area contributed by atoms with Crippen LogP contribution < -0.4 is 5.32 Å². The van der Waals surface area contributed by atoms with Gasteiger partial charge in [0.1, 0.15) is 28.4 Å². The van der Waals surface area contributed by atoms with Crippen LogP contribution in [0.4, 0.5) is 14.5 Å². The summed E-state index contributed by atoms with van der Waals surface area (Å²) in [6, 6.07) is 5.15. The third-order valence-electron chi connectivity index (χ3n) is 5.07. The molecule has 0 bridgehead atoms. The fourth-order valence-corrected chi connectivity index (χ4v) is 4.29. The van der Waals surface area contributed by atoms with Crippen molar-refractivity contribution < 1.29 is 28.5 Å². The first-order valence-electron chi connectivity index (χ1n) is 9.52. The molecule has 3 heterocycles. The maximum atomic E-state index is 14.0. The highest BCUT2D eigenvalue weighted by Gasteiger charge is 2.35. The van der Waals surface area contributed by atoms with Crippen LogP contribution in [0.15, 0.2) is 42.0 Å². The first-order valence-corrected chi connectivity index (χ1v) is 10.4. The van der Waals surface area contributed by atoms with Gasteiger partial charge in [0.05, 0.1) is 35.8 Å². The number of carbonyl (C=O) groups excluding carboxylic acids is 1. The Morgan fingerprint density at radius 3 is 2.71 bits per heavy atom. The summed E-state index contributed by atoms with van der Waals surface area (Å²) >= 11 is 0.950. The molecule has 1 aliphatic heterocycles. The van der Waals surface area contributed by atoms with Crippen LogP contribution >= 0.6 is 11.3 Å². The molecule has 7 nitrogen and oxygen atoms in total. The summed E-state index contributed by atoms with van der Waals surface area (Å²) in [5, 5.41) is 24.1. The number of nitrogens with zero attached hydrogens (tertiary/aromatic N) is 2. The van der Waals surface area contributed by atoms with Crippen molar-refractivity contribution in [3.05, 3.63) is 64.9 Å². The molecule has 0 saturated carbocycles. The lowest BCUT2D eigenvalue weighted by Crippen LogP contribution is -2.44. The molecule has 31 heavy (non-hydrogen) atoms. The highest BCUT2D eigenvalue weighted by Crippen LogP contribution is 2.35. The molecule has 2 aromatic heterocycles. The predicted octanol–water partition coefficient (Wildman–Crippen LogP) is 3.31. The lowest BCUT2D eigenvalue weighted by Gasteiger charge is -2.36. The maximum absolute atomic E-state index is 14.0. The SMILES string of the molecule is C[C@H]1O[C@@H](c2ccncc2NC(=O)c2csc(-c3c(F)cccc3F)n2)C[C@@H](O)[C@@H]1O. The van der Waals surface area contributed by atoms with Gasteiger partial charge in [-0.15, -0.1) is 11.3 Å². The van der Waals surface area contributed by atoms with Crippen molar-refractivity contribution in [3.8, 4) is 10.6 Å². The third kappa shape index (κ3) is 4.33. The second-order valence-corrected chi connectivity index (χ2v) is 8.03. The largest absolute Gasteiger partial charge is 0.390 e. The Hall–Kier alpha value is -2.79. The number of hydrogen-bond donors (Lipinski definition) is 3. The highest BCUT2D eigenvalue weighted by atomic mass is 32.1. The van der Waals surface area contributed by atoms with Crippen LogP contribution in [0.3, 0.4) is 0 Å². The first-order chi connectivity index (χ1) is 14.8. The van der Waals surface area contributed by atoms with Gasteiger partial charge in [-0.05, 0) is 25.1 Å². The number of benzene rings is 1. The number of pyridine rings is 1. The number of anilines is 1. The van der Waals surface area contributed by atoms with E-state index >= 15 is 0 Å². The number of halogens is 2. The van der Waals surface area contributed by atoms with Crippen molar-refractivity contribution in [2.45, 2.75) is 37.8 Å². The zero-order valence-corrected chi connectivity index (χ0v) is 17.1. The Balaban J connectivity index is 1.56. The van der Waals surface area contributed by atoms with Gasteiger partial charge in [0, 0.05) is 23.6 Å². The van der Waals surface area contributed by atoms with Gasteiger partial charge in [-0.2, -0.15) is 0 Å². The molecule has 1 aromatic carbocycles. The van der Waals surface area contributed by atoms with E-state index in [0.717, 1.165) is 23.5 Å². The Kier molecular flexibility index (Phi) is 6.05. The molecule has 10 heteroatoms. The van der Waals surface area contributed by atoms with Crippen LogP contribution in [0, 0.1) is 11.6 Å². The Bertz CT molecular complexity index is 1080. The normalized spacial score (nSPS) is 23.5. The van der Waals surface area contributed by atoms with Gasteiger partial charge in [0.2, 0.25) is 0 Å². The van der Waals surface area contributed by atoms with E-state index in [1.807, 2.05) is 0 Å². The molecule has 4 atom stereocenters. The van der Waals surface area contributed by atoms with Crippen LogP contribution in [0.1, 0.15) is 35.5 Å². The molecule has 162 valence electrons. The number of ether oxygens (including phenoxy) is 1. The fraction of sp³-hybridized carbons (Fsp3) is 0.286. The molecule has 0 spiro atoms. The van der Waals surface area contributed by atoms with Gasteiger partial charge in [-0.3, -0.25) is 9.78 Å². The minimum atomic E-state index is -0.997. The molecule has 0 unspecified atom stereocenters. The molecular formula is C21H19F2N3O4S. The minimum absolute atomic E-state index is 0.00848. The first kappa shape index (κ1) is 21.4. The van der Waals surface area contributed by atoms with Gasteiger partial charge in [0.15, 0.2) is 0 Å². The summed E-state index contributed by atoms with van der Waals surface area (Å²) in [7, 11) is 0. The average Bonchev–Trinajstić information content (AvgIpc) is 3.22. The van der Waals surface area contributed by atoms with Crippen molar-refractivity contribution in [2.75, 3.05) is 5.32 Å². The van der Waals surface area contributed by atoms with Crippen LogP contribution in [0.25, 0.3) is 10.6 Å². The molecule has 4 rings (SSSR count). The second kappa shape index (κ2) is 8.75. The van der Waals surface area contributed by atoms with Gasteiger partial charge in [0.25, 0.3) is 5.91 Å². The topological polar surface area (TPSA) is 105 Å². The molecule has 3 N–H and O–H groups in total. The average molecular weight is 447 g/mol. The van der Waals surface area contributed by atoms with E-state index in [2.05, 4.69) is 15.3 Å². The number of thiazole rings is 1. The zero-order valence-electron chi connectivity index (χ0n) is 16.3. The van der Waals surface area contributed by atoms with Crippen molar-refractivity contribution in [1.29, 1.82) is 0 Å². The van der Waals surface area contributed by atoms with Gasteiger partial charge < -0.3 is 20.3 Å². The van der Waals surface area contributed by atoms with Crippen molar-refractivity contribution in [1.82, 2.24) is 9.97 Å². The predicted molar refractivity (Wildman–Crippen MR) is 110 cm³/mol. The molecule has 1 saturated heterocycles. The summed E-state index contributed by atoms with van der Waals surface area (Å²) in [5.41, 5.74) is 0.633. The smallest absolute Gasteiger partial charge is 0.275 e. The van der Waals surface area contributed by atoms with Crippen molar-refractivity contribution in [2.24, 2.45) is 0 Å². The number of rotatable bonds is 4. The van der Waals surface area contributed by atoms with Crippen molar-refractivity contribution >= 4 is 22.9 Å². The number of nitrogens with one attached hydrogen (secondary N) is 1. The highest BCUT2D eigenvalue weighted by molar-refractivity contribution is 7.13. The maximum Gasteiger partial charge on any atom is 0.275 e. The fourth-order valence-electron chi connectivity index (χ4n) is 3.44. The minimum Gasteiger partial charge on any atom is -0.390 e. The zero-order chi connectivity index (χ0) is 22.1. The van der Waals surface area contributed by atoms with E-state index in [0.29, 0.717) is 11.3 Å². The number of aliphatic hydroxyl groups excluding tert-OH is 2.